The Balaban J connectivity index is 0.801. The third-order valence-corrected chi connectivity index (χ3v) is 11.5. The molecule has 2 aromatic carbocycles. The van der Waals surface area contributed by atoms with E-state index in [1.807, 2.05) is 53.6 Å². The van der Waals surface area contributed by atoms with Crippen LogP contribution in [-0.4, -0.2) is 86.6 Å². The number of amides is 3. The Morgan fingerprint density at radius 1 is 0.964 bits per heavy atom. The molecule has 0 radical (unpaired) electrons. The first kappa shape index (κ1) is 36.9. The Morgan fingerprint density at radius 2 is 1.75 bits per heavy atom. The highest BCUT2D eigenvalue weighted by Gasteiger charge is 2.29. The number of benzene rings is 2. The summed E-state index contributed by atoms with van der Waals surface area (Å²) in [5.74, 6) is 0.101. The van der Waals surface area contributed by atoms with E-state index in [2.05, 4.69) is 59.0 Å². The zero-order chi connectivity index (χ0) is 38.4. The van der Waals surface area contributed by atoms with Crippen LogP contribution in [-0.2, 0) is 9.59 Å². The van der Waals surface area contributed by atoms with E-state index in [9.17, 15) is 19.6 Å². The van der Waals surface area contributed by atoms with Crippen molar-refractivity contribution in [1.82, 2.24) is 40.3 Å². The van der Waals surface area contributed by atoms with E-state index < -0.39 is 0 Å². The van der Waals surface area contributed by atoms with E-state index in [4.69, 9.17) is 4.98 Å². The van der Waals surface area contributed by atoms with Crippen molar-refractivity contribution in [3.05, 3.63) is 84.3 Å². The minimum Gasteiger partial charge on any atom is -0.369 e. The van der Waals surface area contributed by atoms with Crippen molar-refractivity contribution < 1.29 is 14.4 Å². The van der Waals surface area contributed by atoms with Crippen molar-refractivity contribution in [2.75, 3.05) is 49.5 Å². The molecule has 1 saturated carbocycles. The predicted molar refractivity (Wildman–Crippen MR) is 213 cm³/mol. The van der Waals surface area contributed by atoms with Crippen LogP contribution in [0.5, 0.6) is 0 Å². The fourth-order valence-corrected chi connectivity index (χ4v) is 8.37. The summed E-state index contributed by atoms with van der Waals surface area (Å²) in [6, 6.07) is 19.8. The predicted octanol–water partition coefficient (Wildman–Crippen LogP) is 5.67. The first-order chi connectivity index (χ1) is 27.4. The lowest BCUT2D eigenvalue weighted by Crippen LogP contribution is -2.47. The maximum atomic E-state index is 13.0. The van der Waals surface area contributed by atoms with Crippen LogP contribution in [0.4, 0.5) is 17.3 Å². The Bertz CT molecular complexity index is 2210. The van der Waals surface area contributed by atoms with Crippen LogP contribution in [0.15, 0.2) is 73.2 Å². The molecule has 2 aliphatic heterocycles. The highest BCUT2D eigenvalue weighted by Crippen LogP contribution is 2.37. The van der Waals surface area contributed by atoms with Gasteiger partial charge in [-0.3, -0.25) is 29.3 Å². The van der Waals surface area contributed by atoms with Gasteiger partial charge in [0.15, 0.2) is 0 Å². The molecule has 3 aliphatic rings. The molecule has 288 valence electrons. The fraction of sp³-hybridized carbons (Fsp3) is 0.405. The molecule has 3 aromatic heterocycles. The maximum Gasteiger partial charge on any atom is 0.251 e. The number of hydrogen-bond donors (Lipinski definition) is 4. The van der Waals surface area contributed by atoms with Gasteiger partial charge in [-0.15, -0.1) is 0 Å². The van der Waals surface area contributed by atoms with Crippen molar-refractivity contribution in [1.29, 1.82) is 5.26 Å². The standard InChI is InChI=1S/C42H47N11O3/c43-18-16-36(29-4-1-2-5-29)53-27-31(26-46-53)38-35-17-20-44-39(35)50-42(49-38)47-32-10-6-30(7-11-32)40(55)45-19-3-21-51-22-24-52(25-23-51)33-12-8-28(9-13-33)34-14-15-37(54)48-41(34)56/h6-13,17,20,26-27,29,34,36H,1-5,14-16,19,21-25H2,(H,45,55)(H,48,54,56)(H2,44,47,49,50)/t34?,36-/m1/s1. The van der Waals surface area contributed by atoms with Gasteiger partial charge in [0.1, 0.15) is 5.65 Å². The number of rotatable bonds is 13. The second-order valence-corrected chi connectivity index (χ2v) is 15.1. The van der Waals surface area contributed by atoms with Crippen LogP contribution in [0.2, 0.25) is 0 Å². The Labute approximate surface area is 325 Å². The monoisotopic (exact) mass is 753 g/mol. The third-order valence-electron chi connectivity index (χ3n) is 11.5. The largest absolute Gasteiger partial charge is 0.369 e. The number of nitrogens with one attached hydrogen (secondary N) is 4. The van der Waals surface area contributed by atoms with Gasteiger partial charge in [-0.1, -0.05) is 25.0 Å². The molecule has 1 unspecified atom stereocenters. The first-order valence-electron chi connectivity index (χ1n) is 19.7. The molecule has 0 spiro atoms. The first-order valence-corrected chi connectivity index (χ1v) is 19.7. The van der Waals surface area contributed by atoms with Crippen molar-refractivity contribution in [2.24, 2.45) is 5.92 Å². The van der Waals surface area contributed by atoms with Gasteiger partial charge in [-0.2, -0.15) is 15.3 Å². The second-order valence-electron chi connectivity index (χ2n) is 15.1. The van der Waals surface area contributed by atoms with Crippen LogP contribution in [0.1, 0.15) is 79.2 Å². The Kier molecular flexibility index (Phi) is 11.0. The number of aromatic nitrogens is 5. The summed E-state index contributed by atoms with van der Waals surface area (Å²) in [7, 11) is 0. The molecule has 3 amide bonds. The van der Waals surface area contributed by atoms with E-state index in [-0.39, 0.29) is 29.7 Å². The molecule has 5 heterocycles. The molecule has 3 fully saturated rings. The summed E-state index contributed by atoms with van der Waals surface area (Å²) < 4.78 is 1.95. The summed E-state index contributed by atoms with van der Waals surface area (Å²) in [6.07, 6.45) is 12.5. The van der Waals surface area contributed by atoms with Gasteiger partial charge in [0.05, 0.1) is 36.3 Å². The molecule has 2 saturated heterocycles. The SMILES string of the molecule is N#CC[C@H](C1CCCC1)n1cc(-c2nc(Nc3ccc(C(=O)NCCCN4CCN(c5ccc(C6CCC(=O)NC6=O)cc5)CC4)cc3)nc3[nH]ccc23)cn1. The van der Waals surface area contributed by atoms with Gasteiger partial charge in [0.25, 0.3) is 5.91 Å². The molecule has 14 heteroatoms. The number of nitriles is 1. The molecule has 14 nitrogen and oxygen atoms in total. The Hall–Kier alpha value is -6.07. The number of anilines is 3. The number of hydrogen-bond acceptors (Lipinski definition) is 10. The molecule has 1 aliphatic carbocycles. The minimum absolute atomic E-state index is 0.0578. The minimum atomic E-state index is -0.267. The highest BCUT2D eigenvalue weighted by atomic mass is 16.2. The number of aromatic amines is 1. The summed E-state index contributed by atoms with van der Waals surface area (Å²) >= 11 is 0. The van der Waals surface area contributed by atoms with Crippen molar-refractivity contribution in [3.8, 4) is 17.3 Å². The number of nitrogens with zero attached hydrogens (tertiary/aromatic N) is 7. The molecule has 5 aromatic rings. The molecule has 4 N–H and O–H groups in total. The lowest BCUT2D eigenvalue weighted by atomic mass is 9.90. The summed E-state index contributed by atoms with van der Waals surface area (Å²) in [5, 5.41) is 23.9. The molecular weight excluding hydrogens is 707 g/mol. The average molecular weight is 754 g/mol. The topological polar surface area (TPSA) is 177 Å². The number of H-pyrrole nitrogens is 1. The average Bonchev–Trinajstić information content (AvgIpc) is 4.03. The van der Waals surface area contributed by atoms with E-state index in [0.29, 0.717) is 48.9 Å². The van der Waals surface area contributed by atoms with E-state index >= 15 is 0 Å². The van der Waals surface area contributed by atoms with Gasteiger partial charge < -0.3 is 20.5 Å². The fourth-order valence-electron chi connectivity index (χ4n) is 8.37. The number of imide groups is 1. The van der Waals surface area contributed by atoms with Crippen LogP contribution in [0.3, 0.4) is 0 Å². The lowest BCUT2D eigenvalue weighted by Gasteiger charge is -2.36. The van der Waals surface area contributed by atoms with Gasteiger partial charge in [0, 0.05) is 79.4 Å². The summed E-state index contributed by atoms with van der Waals surface area (Å²) in [6.45, 7) is 5.18. The van der Waals surface area contributed by atoms with Gasteiger partial charge >= 0.3 is 0 Å². The number of carbonyl (C=O) groups excluding carboxylic acids is 3. The van der Waals surface area contributed by atoms with Crippen LogP contribution < -0.4 is 20.9 Å². The molecule has 56 heavy (non-hydrogen) atoms. The third kappa shape index (κ3) is 8.28. The molecule has 0 bridgehead atoms. The highest BCUT2D eigenvalue weighted by molar-refractivity contribution is 6.01. The quantitative estimate of drug-likeness (QED) is 0.0866. The smallest absolute Gasteiger partial charge is 0.251 e. The van der Waals surface area contributed by atoms with Gasteiger partial charge in [-0.25, -0.2) is 4.98 Å². The van der Waals surface area contributed by atoms with Crippen molar-refractivity contribution in [2.45, 2.75) is 63.3 Å². The Morgan fingerprint density at radius 3 is 2.50 bits per heavy atom. The molecule has 2 atom stereocenters. The summed E-state index contributed by atoms with van der Waals surface area (Å²) in [4.78, 5) is 54.3. The van der Waals surface area contributed by atoms with Gasteiger partial charge in [-0.05, 0) is 86.2 Å². The van der Waals surface area contributed by atoms with E-state index in [1.165, 1.54) is 12.8 Å². The van der Waals surface area contributed by atoms with Crippen molar-refractivity contribution in [3.63, 3.8) is 0 Å². The van der Waals surface area contributed by atoms with E-state index in [0.717, 1.165) is 85.6 Å². The summed E-state index contributed by atoms with van der Waals surface area (Å²) in [5.41, 5.74) is 5.74. The lowest BCUT2D eigenvalue weighted by molar-refractivity contribution is -0.134. The van der Waals surface area contributed by atoms with Crippen molar-refractivity contribution >= 4 is 46.1 Å². The van der Waals surface area contributed by atoms with Crippen LogP contribution in [0, 0.1) is 17.2 Å². The maximum absolute atomic E-state index is 13.0. The number of piperazine rings is 1. The molecular formula is C42H47N11O3. The van der Waals surface area contributed by atoms with E-state index in [1.54, 1.807) is 12.1 Å². The zero-order valence-electron chi connectivity index (χ0n) is 31.4. The number of carbonyl (C=O) groups is 3. The zero-order valence-corrected chi connectivity index (χ0v) is 31.4. The number of fused-ring (bicyclic) bond motifs is 1. The second kappa shape index (κ2) is 16.7. The van der Waals surface area contributed by atoms with Gasteiger partial charge in [0.2, 0.25) is 17.8 Å². The normalized spacial score (nSPS) is 18.5. The van der Waals surface area contributed by atoms with Crippen LogP contribution >= 0.6 is 0 Å². The molecule has 8 rings (SSSR count). The number of piperidine rings is 1. The van der Waals surface area contributed by atoms with Crippen LogP contribution in [0.25, 0.3) is 22.3 Å².